The molecule has 0 bridgehead atoms. The zero-order valence-corrected chi connectivity index (χ0v) is 16.0. The molecule has 0 saturated heterocycles. The van der Waals surface area contributed by atoms with Gasteiger partial charge in [-0.1, -0.05) is 24.4 Å². The van der Waals surface area contributed by atoms with Crippen molar-refractivity contribution in [1.82, 2.24) is 4.72 Å². The average Bonchev–Trinajstić information content (AvgIpc) is 2.53. The SMILES string of the molecule is Cl.NCC1CCCCC1NS(=O)(=O)c1cc(Cl)ccc1OCC(N)=O. The molecule has 1 aliphatic rings. The van der Waals surface area contributed by atoms with Gasteiger partial charge in [0.05, 0.1) is 0 Å². The highest BCUT2D eigenvalue weighted by Gasteiger charge is 2.30. The van der Waals surface area contributed by atoms with Gasteiger partial charge in [-0.2, -0.15) is 0 Å². The third-order valence-electron chi connectivity index (χ3n) is 4.08. The normalized spacial score (nSPS) is 20.6. The summed E-state index contributed by atoms with van der Waals surface area (Å²) in [6, 6.07) is 3.96. The molecule has 2 atom stereocenters. The molecule has 5 N–H and O–H groups in total. The molecule has 2 unspecified atom stereocenters. The Balaban J connectivity index is 0.00000312. The second-order valence-corrected chi connectivity index (χ2v) is 7.97. The summed E-state index contributed by atoms with van der Waals surface area (Å²) in [7, 11) is -3.87. The summed E-state index contributed by atoms with van der Waals surface area (Å²) in [5, 5.41) is 0.251. The minimum absolute atomic E-state index is 0. The summed E-state index contributed by atoms with van der Waals surface area (Å²) in [5.41, 5.74) is 10.8. The average molecular weight is 412 g/mol. The first-order valence-electron chi connectivity index (χ1n) is 7.76. The second-order valence-electron chi connectivity index (χ2n) is 5.85. The third-order valence-corrected chi connectivity index (χ3v) is 5.83. The lowest BCUT2D eigenvalue weighted by molar-refractivity contribution is -0.120. The number of nitrogens with two attached hydrogens (primary N) is 2. The van der Waals surface area contributed by atoms with E-state index in [0.717, 1.165) is 25.7 Å². The van der Waals surface area contributed by atoms with Crippen molar-refractivity contribution in [2.24, 2.45) is 17.4 Å². The van der Waals surface area contributed by atoms with E-state index in [1.54, 1.807) is 0 Å². The van der Waals surface area contributed by atoms with Crippen LogP contribution in [0.15, 0.2) is 23.1 Å². The van der Waals surface area contributed by atoms with Gasteiger partial charge in [0.2, 0.25) is 10.0 Å². The lowest BCUT2D eigenvalue weighted by Gasteiger charge is -2.31. The van der Waals surface area contributed by atoms with Crippen LogP contribution in [-0.2, 0) is 14.8 Å². The van der Waals surface area contributed by atoms with Crippen LogP contribution in [0, 0.1) is 5.92 Å². The van der Waals surface area contributed by atoms with Crippen molar-refractivity contribution in [3.05, 3.63) is 23.2 Å². The molecule has 142 valence electrons. The lowest BCUT2D eigenvalue weighted by atomic mass is 9.85. The predicted octanol–water partition coefficient (Wildman–Crippen LogP) is 1.42. The van der Waals surface area contributed by atoms with Gasteiger partial charge in [-0.05, 0) is 43.5 Å². The van der Waals surface area contributed by atoms with Crippen molar-refractivity contribution < 1.29 is 17.9 Å². The topological polar surface area (TPSA) is 125 Å². The van der Waals surface area contributed by atoms with Gasteiger partial charge >= 0.3 is 0 Å². The molecular weight excluding hydrogens is 389 g/mol. The number of halogens is 2. The number of primary amides is 1. The highest BCUT2D eigenvalue weighted by Crippen LogP contribution is 2.30. The Kier molecular flexibility index (Phi) is 8.43. The summed E-state index contributed by atoms with van der Waals surface area (Å²) in [5.74, 6) is -0.565. The van der Waals surface area contributed by atoms with E-state index in [0.29, 0.717) is 6.54 Å². The summed E-state index contributed by atoms with van der Waals surface area (Å²) in [6.07, 6.45) is 3.62. The van der Waals surface area contributed by atoms with Crippen LogP contribution in [0.5, 0.6) is 5.75 Å². The molecule has 1 aliphatic carbocycles. The van der Waals surface area contributed by atoms with Gasteiger partial charge in [0.15, 0.2) is 6.61 Å². The first-order valence-corrected chi connectivity index (χ1v) is 9.62. The highest BCUT2D eigenvalue weighted by molar-refractivity contribution is 7.89. The molecule has 0 heterocycles. The number of hydrogen-bond acceptors (Lipinski definition) is 5. The maximum absolute atomic E-state index is 12.8. The first kappa shape index (κ1) is 22.0. The number of hydrogen-bond donors (Lipinski definition) is 3. The number of amides is 1. The molecule has 10 heteroatoms. The van der Waals surface area contributed by atoms with Gasteiger partial charge in [-0.3, -0.25) is 4.79 Å². The monoisotopic (exact) mass is 411 g/mol. The van der Waals surface area contributed by atoms with Crippen LogP contribution < -0.4 is 20.9 Å². The van der Waals surface area contributed by atoms with Crippen molar-refractivity contribution in [1.29, 1.82) is 0 Å². The minimum Gasteiger partial charge on any atom is -0.482 e. The Morgan fingerprint density at radius 1 is 1.32 bits per heavy atom. The van der Waals surface area contributed by atoms with E-state index in [-0.39, 0.29) is 40.0 Å². The molecule has 0 radical (unpaired) electrons. The number of benzene rings is 1. The largest absolute Gasteiger partial charge is 0.482 e. The molecular formula is C15H23Cl2N3O4S. The van der Waals surface area contributed by atoms with Crippen LogP contribution in [0.4, 0.5) is 0 Å². The number of carbonyl (C=O) groups excluding carboxylic acids is 1. The van der Waals surface area contributed by atoms with E-state index in [9.17, 15) is 13.2 Å². The predicted molar refractivity (Wildman–Crippen MR) is 98.5 cm³/mol. The van der Waals surface area contributed by atoms with Crippen molar-refractivity contribution in [3.8, 4) is 5.75 Å². The first-order chi connectivity index (χ1) is 11.3. The maximum atomic E-state index is 12.8. The van der Waals surface area contributed by atoms with Gasteiger partial charge in [0.25, 0.3) is 5.91 Å². The standard InChI is InChI=1S/C15H22ClN3O4S.ClH/c16-11-5-6-13(23-9-15(18)20)14(7-11)24(21,22)19-12-4-2-1-3-10(12)8-17;/h5-7,10,12,19H,1-4,8-9,17H2,(H2,18,20);1H. The Hall–Kier alpha value is -1.06. The number of ether oxygens (including phenoxy) is 1. The van der Waals surface area contributed by atoms with Gasteiger partial charge in [-0.25, -0.2) is 13.1 Å². The molecule has 0 aromatic heterocycles. The van der Waals surface area contributed by atoms with Gasteiger partial charge in [-0.15, -0.1) is 12.4 Å². The summed E-state index contributed by atoms with van der Waals surface area (Å²) in [6.45, 7) is 0.00672. The lowest BCUT2D eigenvalue weighted by Crippen LogP contribution is -2.44. The van der Waals surface area contributed by atoms with E-state index in [4.69, 9.17) is 27.8 Å². The van der Waals surface area contributed by atoms with Crippen LogP contribution in [0.1, 0.15) is 25.7 Å². The molecule has 7 nitrogen and oxygen atoms in total. The van der Waals surface area contributed by atoms with Crippen molar-refractivity contribution in [2.75, 3.05) is 13.2 Å². The van der Waals surface area contributed by atoms with E-state index in [2.05, 4.69) is 4.72 Å². The van der Waals surface area contributed by atoms with Crippen LogP contribution in [0.25, 0.3) is 0 Å². The van der Waals surface area contributed by atoms with Gasteiger partial charge < -0.3 is 16.2 Å². The molecule has 1 fully saturated rings. The molecule has 25 heavy (non-hydrogen) atoms. The minimum atomic E-state index is -3.87. The summed E-state index contributed by atoms with van der Waals surface area (Å²) >= 11 is 5.92. The molecule has 1 aromatic rings. The fourth-order valence-corrected chi connectivity index (χ4v) is 4.61. The molecule has 2 rings (SSSR count). The van der Waals surface area contributed by atoms with Crippen LogP contribution in [0.3, 0.4) is 0 Å². The second kappa shape index (κ2) is 9.59. The van der Waals surface area contributed by atoms with E-state index in [1.807, 2.05) is 0 Å². The number of carbonyl (C=O) groups is 1. The molecule has 0 aliphatic heterocycles. The zero-order chi connectivity index (χ0) is 17.7. The van der Waals surface area contributed by atoms with Crippen LogP contribution >= 0.6 is 24.0 Å². The molecule has 1 aromatic carbocycles. The van der Waals surface area contributed by atoms with Gasteiger partial charge in [0, 0.05) is 11.1 Å². The molecule has 0 spiro atoms. The Morgan fingerprint density at radius 2 is 2.00 bits per heavy atom. The summed E-state index contributed by atoms with van der Waals surface area (Å²) < 4.78 is 33.5. The van der Waals surface area contributed by atoms with E-state index < -0.39 is 22.5 Å². The number of rotatable bonds is 7. The summed E-state index contributed by atoms with van der Waals surface area (Å²) in [4.78, 5) is 10.8. The highest BCUT2D eigenvalue weighted by atomic mass is 35.5. The fraction of sp³-hybridized carbons (Fsp3) is 0.533. The zero-order valence-electron chi connectivity index (χ0n) is 13.6. The van der Waals surface area contributed by atoms with Crippen molar-refractivity contribution in [2.45, 2.75) is 36.6 Å². The smallest absolute Gasteiger partial charge is 0.255 e. The Bertz CT molecular complexity index is 700. The molecule has 1 amide bonds. The Morgan fingerprint density at radius 3 is 2.64 bits per heavy atom. The van der Waals surface area contributed by atoms with Crippen molar-refractivity contribution >= 4 is 39.9 Å². The third kappa shape index (κ3) is 6.00. The fourth-order valence-electron chi connectivity index (χ4n) is 2.87. The number of nitrogens with one attached hydrogen (secondary N) is 1. The van der Waals surface area contributed by atoms with Crippen molar-refractivity contribution in [3.63, 3.8) is 0 Å². The number of sulfonamides is 1. The maximum Gasteiger partial charge on any atom is 0.255 e. The van der Waals surface area contributed by atoms with E-state index in [1.165, 1.54) is 18.2 Å². The van der Waals surface area contributed by atoms with E-state index >= 15 is 0 Å². The quantitative estimate of drug-likeness (QED) is 0.625. The molecule has 1 saturated carbocycles. The Labute approximate surface area is 158 Å². The van der Waals surface area contributed by atoms with Crippen LogP contribution in [0.2, 0.25) is 5.02 Å². The van der Waals surface area contributed by atoms with Crippen LogP contribution in [-0.4, -0.2) is 33.5 Å². The van der Waals surface area contributed by atoms with Gasteiger partial charge in [0.1, 0.15) is 10.6 Å².